The van der Waals surface area contributed by atoms with Crippen LogP contribution in [-0.4, -0.2) is 20.1 Å². The monoisotopic (exact) mass is 686 g/mol. The molecular formula is C41H29Cl3N2O2+. The first kappa shape index (κ1) is 31.6. The average Bonchev–Trinajstić information content (AvgIpc) is 3.57. The molecular weight excluding hydrogens is 659 g/mol. The van der Waals surface area contributed by atoms with E-state index in [0.29, 0.717) is 32.4 Å². The third-order valence-corrected chi connectivity index (χ3v) is 9.32. The number of amidine groups is 1. The predicted molar refractivity (Wildman–Crippen MR) is 200 cm³/mol. The van der Waals surface area contributed by atoms with Gasteiger partial charge in [0.1, 0.15) is 0 Å². The van der Waals surface area contributed by atoms with Gasteiger partial charge < -0.3 is 9.47 Å². The Kier molecular flexibility index (Phi) is 8.96. The summed E-state index contributed by atoms with van der Waals surface area (Å²) in [5, 5.41) is 5.51. The van der Waals surface area contributed by atoms with Crippen molar-refractivity contribution in [3.63, 3.8) is 0 Å². The summed E-state index contributed by atoms with van der Waals surface area (Å²) in [5.74, 6) is 1.91. The van der Waals surface area contributed by atoms with Crippen LogP contribution < -0.4 is 19.8 Å². The van der Waals surface area contributed by atoms with E-state index in [1.54, 1.807) is 14.2 Å². The lowest BCUT2D eigenvalue weighted by atomic mass is 9.86. The molecule has 0 saturated carbocycles. The number of benzene rings is 6. The van der Waals surface area contributed by atoms with Crippen LogP contribution in [0.5, 0.6) is 11.5 Å². The van der Waals surface area contributed by atoms with Crippen LogP contribution in [0, 0.1) is 0 Å². The zero-order chi connectivity index (χ0) is 33.2. The number of hydrogen-bond donors (Lipinski definition) is 1. The van der Waals surface area contributed by atoms with Crippen molar-refractivity contribution in [2.24, 2.45) is 0 Å². The van der Waals surface area contributed by atoms with Gasteiger partial charge in [-0.3, -0.25) is 0 Å². The number of methoxy groups -OCH3 is 2. The first-order chi connectivity index (χ1) is 23.5. The molecule has 235 valence electrons. The van der Waals surface area contributed by atoms with Crippen molar-refractivity contribution in [1.29, 1.82) is 0 Å². The lowest BCUT2D eigenvalue weighted by molar-refractivity contribution is 0.355. The van der Waals surface area contributed by atoms with Crippen LogP contribution in [0.3, 0.4) is 0 Å². The summed E-state index contributed by atoms with van der Waals surface area (Å²) >= 11 is 20.6. The molecule has 48 heavy (non-hydrogen) atoms. The van der Waals surface area contributed by atoms with Crippen molar-refractivity contribution >= 4 is 52.0 Å². The van der Waals surface area contributed by atoms with Gasteiger partial charge in [-0.05, 0) is 75.8 Å². The fraction of sp³-hybridized carbons (Fsp3) is 0.0488. The van der Waals surface area contributed by atoms with Crippen molar-refractivity contribution in [2.75, 3.05) is 14.2 Å². The highest BCUT2D eigenvalue weighted by Gasteiger charge is 2.35. The van der Waals surface area contributed by atoms with E-state index in [-0.39, 0.29) is 0 Å². The van der Waals surface area contributed by atoms with Crippen LogP contribution >= 0.6 is 34.8 Å². The summed E-state index contributed by atoms with van der Waals surface area (Å²) in [5.41, 5.74) is 9.69. The van der Waals surface area contributed by atoms with E-state index < -0.39 is 0 Å². The number of ether oxygens (including phenoxy) is 2. The Morgan fingerprint density at radius 1 is 0.458 bits per heavy atom. The highest BCUT2D eigenvalue weighted by molar-refractivity contribution is 6.35. The molecule has 1 N–H and O–H groups in total. The number of nitrogens with zero attached hydrogens (tertiary/aromatic N) is 1. The van der Waals surface area contributed by atoms with Crippen LogP contribution in [-0.2, 0) is 0 Å². The second-order valence-electron chi connectivity index (χ2n) is 11.1. The minimum atomic E-state index is 0.601. The van der Waals surface area contributed by atoms with Crippen molar-refractivity contribution in [3.8, 4) is 44.9 Å². The number of hydrogen-bond acceptors (Lipinski definition) is 4. The maximum atomic E-state index is 6.96. The van der Waals surface area contributed by atoms with E-state index >= 15 is 0 Å². The number of rotatable bonds is 8. The molecule has 1 heterocycles. The van der Waals surface area contributed by atoms with E-state index in [1.165, 1.54) is 0 Å². The van der Waals surface area contributed by atoms with Gasteiger partial charge in [-0.2, -0.15) is 0 Å². The quantitative estimate of drug-likeness (QED) is 0.173. The first-order valence-corrected chi connectivity index (χ1v) is 16.4. The zero-order valence-electron chi connectivity index (χ0n) is 26.1. The molecule has 0 saturated heterocycles. The van der Waals surface area contributed by atoms with Crippen molar-refractivity contribution in [3.05, 3.63) is 165 Å². The third kappa shape index (κ3) is 5.95. The summed E-state index contributed by atoms with van der Waals surface area (Å²) in [6, 6.07) is 43.7. The molecule has 4 nitrogen and oxygen atoms in total. The fourth-order valence-corrected chi connectivity index (χ4v) is 6.71. The minimum absolute atomic E-state index is 0.601. The molecule has 1 aliphatic rings. The Hall–Kier alpha value is -5.00. The summed E-state index contributed by atoms with van der Waals surface area (Å²) in [6.07, 6.45) is 0. The van der Waals surface area contributed by atoms with Gasteiger partial charge in [-0.25, -0.2) is 5.32 Å². The SMILES string of the molecule is COc1ccc(-c2cc(-c3ccccc3Cl)c(C3=C(c4ccccc4)[N+]=C(c4ccccc4Cl)N3)cc2-c2ccccc2Cl)cc1OC. The van der Waals surface area contributed by atoms with Crippen LogP contribution in [0.4, 0.5) is 0 Å². The average molecular weight is 688 g/mol. The molecule has 1 aliphatic heterocycles. The topological polar surface area (TPSA) is 44.6 Å². The summed E-state index contributed by atoms with van der Waals surface area (Å²) < 4.78 is 11.3. The molecule has 0 spiro atoms. The summed E-state index contributed by atoms with van der Waals surface area (Å²) in [4.78, 5) is 5.16. The number of nitrogens with one attached hydrogen (secondary N) is 1. The highest BCUT2D eigenvalue weighted by atomic mass is 35.5. The molecule has 0 bridgehead atoms. The molecule has 0 aromatic heterocycles. The van der Waals surface area contributed by atoms with E-state index in [1.807, 2.05) is 109 Å². The van der Waals surface area contributed by atoms with Gasteiger partial charge in [0.25, 0.3) is 0 Å². The smallest absolute Gasteiger partial charge is 0.331 e. The largest absolute Gasteiger partial charge is 0.493 e. The highest BCUT2D eigenvalue weighted by Crippen LogP contribution is 2.46. The van der Waals surface area contributed by atoms with Gasteiger partial charge in [0.2, 0.25) is 5.70 Å². The maximum absolute atomic E-state index is 6.96. The minimum Gasteiger partial charge on any atom is -0.493 e. The van der Waals surface area contributed by atoms with Crippen LogP contribution in [0.25, 0.3) is 44.8 Å². The summed E-state index contributed by atoms with van der Waals surface area (Å²) in [6.45, 7) is 0. The molecule has 0 amide bonds. The Balaban J connectivity index is 1.56. The molecule has 7 heteroatoms. The number of aliphatic imine (C=N–C) groups is 1. The van der Waals surface area contributed by atoms with Gasteiger partial charge in [0, 0.05) is 32.3 Å². The first-order valence-electron chi connectivity index (χ1n) is 15.3. The number of halogens is 3. The Bertz CT molecular complexity index is 2230. The van der Waals surface area contributed by atoms with Gasteiger partial charge in [-0.15, -0.1) is 0 Å². The molecule has 0 fully saturated rings. The fourth-order valence-electron chi connectivity index (χ4n) is 6.01. The van der Waals surface area contributed by atoms with Crippen molar-refractivity contribution in [2.45, 2.75) is 0 Å². The molecule has 0 unspecified atom stereocenters. The molecule has 0 atom stereocenters. The van der Waals surface area contributed by atoms with Crippen LogP contribution in [0.2, 0.25) is 15.1 Å². The zero-order valence-corrected chi connectivity index (χ0v) is 28.4. The summed E-state index contributed by atoms with van der Waals surface area (Å²) in [7, 11) is 3.26. The van der Waals surface area contributed by atoms with Crippen LogP contribution in [0.15, 0.2) is 133 Å². The lowest BCUT2D eigenvalue weighted by Gasteiger charge is -2.19. The van der Waals surface area contributed by atoms with Gasteiger partial charge in [-0.1, -0.05) is 120 Å². The van der Waals surface area contributed by atoms with E-state index in [2.05, 4.69) is 29.6 Å². The molecule has 0 aliphatic carbocycles. The lowest BCUT2D eigenvalue weighted by Crippen LogP contribution is -2.22. The van der Waals surface area contributed by atoms with Gasteiger partial charge in [0.05, 0.1) is 24.8 Å². The second kappa shape index (κ2) is 13.6. The molecule has 7 rings (SSSR count). The van der Waals surface area contributed by atoms with Gasteiger partial charge >= 0.3 is 5.84 Å². The second-order valence-corrected chi connectivity index (χ2v) is 12.3. The van der Waals surface area contributed by atoms with E-state index in [4.69, 9.17) is 49.3 Å². The third-order valence-electron chi connectivity index (χ3n) is 8.33. The van der Waals surface area contributed by atoms with E-state index in [9.17, 15) is 0 Å². The van der Waals surface area contributed by atoms with Crippen molar-refractivity contribution < 1.29 is 9.47 Å². The molecule has 1 radical (unpaired) electrons. The van der Waals surface area contributed by atoms with E-state index in [0.717, 1.165) is 61.5 Å². The predicted octanol–water partition coefficient (Wildman–Crippen LogP) is 10.9. The standard InChI is InChI=1S/C41H29Cl3N2O2/c1-47-37-21-20-26(22-38(37)48-2)30-23-32(28-15-7-10-18-35(28)43)33(24-31(30)27-14-6-9-17-34(27)42)40-39(25-12-4-3-5-13-25)45-41(46-40)29-16-8-11-19-36(29)44/h3-24,46H,1-2H3/q+1. The van der Waals surface area contributed by atoms with Crippen molar-refractivity contribution in [1.82, 2.24) is 10.3 Å². The molecule has 6 aromatic carbocycles. The Morgan fingerprint density at radius 3 is 1.56 bits per heavy atom. The maximum Gasteiger partial charge on any atom is 0.331 e. The Morgan fingerprint density at radius 2 is 0.979 bits per heavy atom. The Labute approximate surface area is 294 Å². The molecule has 6 aromatic rings. The van der Waals surface area contributed by atoms with Crippen LogP contribution in [0.1, 0.15) is 16.7 Å². The van der Waals surface area contributed by atoms with Gasteiger partial charge in [0.15, 0.2) is 17.2 Å². The normalized spacial score (nSPS) is 12.5.